The van der Waals surface area contributed by atoms with Crippen LogP contribution in [0.1, 0.15) is 22.3 Å². The summed E-state index contributed by atoms with van der Waals surface area (Å²) in [7, 11) is 0. The molecule has 1 aliphatic rings. The highest BCUT2D eigenvalue weighted by atomic mass is 16.6. The van der Waals surface area contributed by atoms with Crippen molar-refractivity contribution in [1.29, 1.82) is 0 Å². The summed E-state index contributed by atoms with van der Waals surface area (Å²) in [5, 5.41) is 60.8. The Labute approximate surface area is 234 Å². The van der Waals surface area contributed by atoms with Crippen LogP contribution in [0.5, 0.6) is 0 Å². The van der Waals surface area contributed by atoms with E-state index < -0.39 is 35.3 Å². The maximum absolute atomic E-state index is 12.8. The monoisotopic (exact) mass is 540 g/mol. The van der Waals surface area contributed by atoms with Crippen molar-refractivity contribution in [3.05, 3.63) is 144 Å². The Kier molecular flexibility index (Phi) is 8.19. The summed E-state index contributed by atoms with van der Waals surface area (Å²) < 4.78 is 5.97. The number of benzene rings is 4. The fourth-order valence-corrected chi connectivity index (χ4v) is 6.04. The lowest BCUT2D eigenvalue weighted by atomic mass is 9.59. The van der Waals surface area contributed by atoms with Gasteiger partial charge in [-0.25, -0.2) is 0 Å². The van der Waals surface area contributed by atoms with Gasteiger partial charge in [-0.15, -0.1) is 0 Å². The number of hydrogen-bond donors (Lipinski definition) is 5. The van der Waals surface area contributed by atoms with E-state index in [1.807, 2.05) is 84.9 Å². The molecule has 208 valence electrons. The van der Waals surface area contributed by atoms with Crippen molar-refractivity contribution in [2.24, 2.45) is 0 Å². The third kappa shape index (κ3) is 5.34. The van der Waals surface area contributed by atoms with E-state index >= 15 is 0 Å². The number of aliphatic hydroxyl groups is 5. The van der Waals surface area contributed by atoms with Crippen LogP contribution in [0.2, 0.25) is 0 Å². The fraction of sp³-hybridized carbons (Fsp3) is 0.294. The van der Waals surface area contributed by atoms with Gasteiger partial charge in [0.1, 0.15) is 17.3 Å². The van der Waals surface area contributed by atoms with Gasteiger partial charge in [0.15, 0.2) is 11.9 Å². The fourth-order valence-electron chi connectivity index (χ4n) is 6.04. The van der Waals surface area contributed by atoms with Gasteiger partial charge < -0.3 is 30.3 Å². The van der Waals surface area contributed by atoms with E-state index in [0.717, 1.165) is 5.56 Å². The lowest BCUT2D eigenvalue weighted by Gasteiger charge is -2.61. The summed E-state index contributed by atoms with van der Waals surface area (Å²) in [6.45, 7) is 0. The van der Waals surface area contributed by atoms with Crippen molar-refractivity contribution in [3.63, 3.8) is 0 Å². The number of rotatable bonds is 9. The second kappa shape index (κ2) is 11.6. The third-order valence-electron chi connectivity index (χ3n) is 8.16. The topological polar surface area (TPSA) is 110 Å². The Hall–Kier alpha value is -3.36. The van der Waals surface area contributed by atoms with Gasteiger partial charge in [-0.1, -0.05) is 121 Å². The molecule has 0 spiro atoms. The minimum absolute atomic E-state index is 0.105. The van der Waals surface area contributed by atoms with Crippen LogP contribution in [-0.2, 0) is 30.4 Å². The van der Waals surface area contributed by atoms with Crippen LogP contribution in [0.4, 0.5) is 0 Å². The summed E-state index contributed by atoms with van der Waals surface area (Å²) in [6, 6.07) is 36.4. The lowest BCUT2D eigenvalue weighted by molar-refractivity contribution is -0.401. The molecule has 4 aromatic carbocycles. The molecule has 0 aliphatic carbocycles. The van der Waals surface area contributed by atoms with Gasteiger partial charge >= 0.3 is 0 Å². The zero-order valence-corrected chi connectivity index (χ0v) is 22.3. The van der Waals surface area contributed by atoms with Crippen LogP contribution in [0, 0.1) is 0 Å². The Bertz CT molecular complexity index is 1350. The summed E-state index contributed by atoms with van der Waals surface area (Å²) in [6.07, 6.45) is -5.09. The Morgan fingerprint density at radius 3 is 1.38 bits per heavy atom. The Balaban J connectivity index is 1.66. The first-order chi connectivity index (χ1) is 19.2. The van der Waals surface area contributed by atoms with Crippen molar-refractivity contribution >= 4 is 0 Å². The van der Waals surface area contributed by atoms with Crippen LogP contribution in [-0.4, -0.2) is 60.8 Å². The van der Waals surface area contributed by atoms with Crippen molar-refractivity contribution in [1.82, 2.24) is 0 Å². The van der Waals surface area contributed by atoms with Crippen LogP contribution in [0.25, 0.3) is 0 Å². The van der Waals surface area contributed by atoms with Crippen molar-refractivity contribution in [3.8, 4) is 0 Å². The molecule has 1 saturated heterocycles. The van der Waals surface area contributed by atoms with E-state index in [9.17, 15) is 25.5 Å². The highest BCUT2D eigenvalue weighted by molar-refractivity contribution is 5.33. The van der Waals surface area contributed by atoms with Crippen molar-refractivity contribution < 1.29 is 30.3 Å². The first-order valence-corrected chi connectivity index (χ1v) is 13.6. The van der Waals surface area contributed by atoms with Crippen LogP contribution in [0.15, 0.2) is 121 Å². The summed E-state index contributed by atoms with van der Waals surface area (Å²) >= 11 is 0. The molecule has 1 fully saturated rings. The maximum atomic E-state index is 12.8. The molecular formula is C34H36O6. The molecule has 6 nitrogen and oxygen atoms in total. The number of ether oxygens (including phenoxy) is 1. The largest absolute Gasteiger partial charge is 0.390 e. The van der Waals surface area contributed by atoms with E-state index in [-0.39, 0.29) is 25.7 Å². The van der Waals surface area contributed by atoms with Crippen LogP contribution >= 0.6 is 0 Å². The molecule has 5 rings (SSSR count). The van der Waals surface area contributed by atoms with Gasteiger partial charge in [0.2, 0.25) is 0 Å². The zero-order chi connectivity index (χ0) is 28.2. The quantitative estimate of drug-likeness (QED) is 0.223. The number of hydrogen-bond acceptors (Lipinski definition) is 6. The number of aliphatic hydroxyl groups excluding tert-OH is 2. The maximum Gasteiger partial charge on any atom is 0.187 e. The first-order valence-electron chi connectivity index (χ1n) is 13.6. The molecule has 6 atom stereocenters. The molecule has 5 N–H and O–H groups in total. The van der Waals surface area contributed by atoms with Gasteiger partial charge in [0.05, 0.1) is 6.10 Å². The van der Waals surface area contributed by atoms with Crippen molar-refractivity contribution in [2.75, 3.05) is 0 Å². The molecule has 0 amide bonds. The van der Waals surface area contributed by atoms with E-state index in [1.54, 1.807) is 36.4 Å². The molecule has 0 saturated carbocycles. The van der Waals surface area contributed by atoms with Gasteiger partial charge in [0, 0.05) is 25.7 Å². The molecule has 0 bridgehead atoms. The van der Waals surface area contributed by atoms with Gasteiger partial charge in [0.25, 0.3) is 0 Å². The average molecular weight is 541 g/mol. The predicted molar refractivity (Wildman–Crippen MR) is 152 cm³/mol. The van der Waals surface area contributed by atoms with E-state index in [4.69, 9.17) is 4.74 Å². The van der Waals surface area contributed by atoms with E-state index in [1.165, 1.54) is 0 Å². The molecule has 0 radical (unpaired) electrons. The SMILES string of the molecule is OC(Cc1ccccc1)[C@H]1OC(O)[C@@](O)(Cc2ccccc2)[C@](O)(Cc2ccccc2)[C@]1(O)Cc1ccccc1. The molecule has 0 aromatic heterocycles. The lowest BCUT2D eigenvalue weighted by Crippen LogP contribution is -2.83. The summed E-state index contributed by atoms with van der Waals surface area (Å²) in [5.74, 6) is 0. The molecule has 40 heavy (non-hydrogen) atoms. The minimum Gasteiger partial charge on any atom is -0.390 e. The zero-order valence-electron chi connectivity index (χ0n) is 22.3. The van der Waals surface area contributed by atoms with E-state index in [2.05, 4.69) is 0 Å². The van der Waals surface area contributed by atoms with E-state index in [0.29, 0.717) is 16.7 Å². The highest BCUT2D eigenvalue weighted by Gasteiger charge is 2.72. The van der Waals surface area contributed by atoms with Crippen molar-refractivity contribution in [2.45, 2.75) is 61.0 Å². The molecule has 2 unspecified atom stereocenters. The molecule has 6 heteroatoms. The standard InChI is InChI=1S/C34H36O6/c35-29(21-25-13-5-1-6-14-25)30-32(37,22-26-15-7-2-8-16-26)34(39,24-28-19-11-4-12-20-28)33(38,31(36)40-30)23-27-17-9-3-10-18-27/h1-20,29-31,35-39H,21-24H2/t29?,30-,31?,32+,33+,34+/m1/s1. The Morgan fingerprint density at radius 1 is 0.550 bits per heavy atom. The molecule has 1 aliphatic heterocycles. The minimum atomic E-state index is -2.35. The second-order valence-corrected chi connectivity index (χ2v) is 10.9. The predicted octanol–water partition coefficient (Wildman–Crippen LogP) is 3.23. The average Bonchev–Trinajstić information content (AvgIpc) is 2.97. The third-order valence-corrected chi connectivity index (χ3v) is 8.16. The molecule has 4 aromatic rings. The van der Waals surface area contributed by atoms with Crippen LogP contribution in [0.3, 0.4) is 0 Å². The highest BCUT2D eigenvalue weighted by Crippen LogP contribution is 2.50. The smallest absolute Gasteiger partial charge is 0.187 e. The van der Waals surface area contributed by atoms with Gasteiger partial charge in [-0.05, 0) is 22.3 Å². The Morgan fingerprint density at radius 2 is 0.925 bits per heavy atom. The van der Waals surface area contributed by atoms with Gasteiger partial charge in [-0.2, -0.15) is 0 Å². The molecular weight excluding hydrogens is 504 g/mol. The second-order valence-electron chi connectivity index (χ2n) is 10.9. The summed E-state index contributed by atoms with van der Waals surface area (Å²) in [5.41, 5.74) is -4.15. The van der Waals surface area contributed by atoms with Crippen LogP contribution < -0.4 is 0 Å². The summed E-state index contributed by atoms with van der Waals surface area (Å²) in [4.78, 5) is 0. The molecule has 1 heterocycles. The first kappa shape index (κ1) is 28.2. The van der Waals surface area contributed by atoms with Gasteiger partial charge in [-0.3, -0.25) is 0 Å². The normalized spacial score (nSPS) is 29.1.